The van der Waals surface area contributed by atoms with Crippen LogP contribution in [0.15, 0.2) is 77.9 Å². The van der Waals surface area contributed by atoms with Crippen LogP contribution in [-0.2, 0) is 6.61 Å². The fourth-order valence-corrected chi connectivity index (χ4v) is 5.79. The van der Waals surface area contributed by atoms with Crippen molar-refractivity contribution in [3.05, 3.63) is 95.3 Å². The van der Waals surface area contributed by atoms with Gasteiger partial charge in [-0.3, -0.25) is 9.98 Å². The van der Waals surface area contributed by atoms with Crippen LogP contribution in [0.1, 0.15) is 52.6 Å². The molecule has 1 N–H and O–H groups in total. The van der Waals surface area contributed by atoms with Gasteiger partial charge in [-0.2, -0.15) is 0 Å². The molecular formula is C26H25N3O3S. The zero-order chi connectivity index (χ0) is 22.8. The third kappa shape index (κ3) is 4.20. The number of aromatic carboxylic acids is 1. The number of pyridine rings is 1. The first kappa shape index (κ1) is 21.5. The molecule has 2 aliphatic rings. The predicted molar refractivity (Wildman–Crippen MR) is 130 cm³/mol. The van der Waals surface area contributed by atoms with E-state index in [1.807, 2.05) is 54.4 Å². The van der Waals surface area contributed by atoms with Crippen molar-refractivity contribution in [2.24, 2.45) is 4.99 Å². The van der Waals surface area contributed by atoms with Gasteiger partial charge >= 0.3 is 5.97 Å². The van der Waals surface area contributed by atoms with Gasteiger partial charge in [0, 0.05) is 23.6 Å². The summed E-state index contributed by atoms with van der Waals surface area (Å²) < 4.78 is 6.29. The maximum atomic E-state index is 11.1. The Morgan fingerprint density at radius 2 is 1.91 bits per heavy atom. The lowest BCUT2D eigenvalue weighted by Gasteiger charge is -2.32. The summed E-state index contributed by atoms with van der Waals surface area (Å²) in [5.74, 6) is 0.924. The molecule has 0 aliphatic carbocycles. The highest BCUT2D eigenvalue weighted by Crippen LogP contribution is 2.50. The van der Waals surface area contributed by atoms with Gasteiger partial charge in [-0.05, 0) is 42.3 Å². The second kappa shape index (κ2) is 9.27. The molecule has 1 aromatic heterocycles. The molecule has 3 aromatic rings. The van der Waals surface area contributed by atoms with Crippen LogP contribution >= 0.6 is 11.8 Å². The van der Waals surface area contributed by atoms with Crippen molar-refractivity contribution in [2.45, 2.75) is 38.1 Å². The van der Waals surface area contributed by atoms with Crippen molar-refractivity contribution in [3.8, 4) is 5.75 Å². The van der Waals surface area contributed by atoms with Crippen LogP contribution < -0.4 is 4.74 Å². The Bertz CT molecular complexity index is 1170. The van der Waals surface area contributed by atoms with Crippen LogP contribution in [0.2, 0.25) is 0 Å². The Hall–Kier alpha value is -3.32. The van der Waals surface area contributed by atoms with Gasteiger partial charge < -0.3 is 14.7 Å². The molecule has 3 heterocycles. The molecule has 168 valence electrons. The lowest BCUT2D eigenvalue weighted by atomic mass is 9.94. The third-order valence-corrected chi connectivity index (χ3v) is 7.29. The number of fused-ring (bicyclic) bond motifs is 1. The van der Waals surface area contributed by atoms with Gasteiger partial charge in [-0.15, -0.1) is 0 Å². The van der Waals surface area contributed by atoms with Crippen molar-refractivity contribution in [1.29, 1.82) is 0 Å². The molecule has 3 atom stereocenters. The Balaban J connectivity index is 1.46. The second-order valence-corrected chi connectivity index (χ2v) is 9.15. The first-order valence-corrected chi connectivity index (χ1v) is 12.1. The number of benzene rings is 2. The number of aromatic nitrogens is 1. The summed E-state index contributed by atoms with van der Waals surface area (Å²) in [5.41, 5.74) is 3.24. The van der Waals surface area contributed by atoms with E-state index in [1.165, 1.54) is 0 Å². The van der Waals surface area contributed by atoms with Crippen LogP contribution in [0, 0.1) is 0 Å². The monoisotopic (exact) mass is 459 g/mol. The van der Waals surface area contributed by atoms with E-state index in [2.05, 4.69) is 22.9 Å². The highest BCUT2D eigenvalue weighted by atomic mass is 32.2. The van der Waals surface area contributed by atoms with Crippen LogP contribution in [0.4, 0.5) is 0 Å². The van der Waals surface area contributed by atoms with Crippen LogP contribution in [0.5, 0.6) is 5.75 Å². The summed E-state index contributed by atoms with van der Waals surface area (Å²) in [4.78, 5) is 23.3. The average Bonchev–Trinajstić information content (AvgIpc) is 3.43. The maximum absolute atomic E-state index is 11.1. The Labute approximate surface area is 197 Å². The highest BCUT2D eigenvalue weighted by Gasteiger charge is 2.46. The highest BCUT2D eigenvalue weighted by molar-refractivity contribution is 8.14. The van der Waals surface area contributed by atoms with Crippen molar-refractivity contribution in [2.75, 3.05) is 5.75 Å². The molecule has 6 nitrogen and oxygen atoms in total. The topological polar surface area (TPSA) is 75.0 Å². The van der Waals surface area contributed by atoms with Gasteiger partial charge in [0.2, 0.25) is 0 Å². The van der Waals surface area contributed by atoms with E-state index in [0.29, 0.717) is 12.6 Å². The van der Waals surface area contributed by atoms with Gasteiger partial charge in [-0.1, -0.05) is 55.1 Å². The Kier molecular flexibility index (Phi) is 6.05. The Morgan fingerprint density at radius 1 is 1.12 bits per heavy atom. The molecule has 1 saturated heterocycles. The van der Waals surface area contributed by atoms with E-state index >= 15 is 0 Å². The zero-order valence-corrected chi connectivity index (χ0v) is 19.1. The number of hydrogen-bond donors (Lipinski definition) is 1. The van der Waals surface area contributed by atoms with Gasteiger partial charge in [0.15, 0.2) is 5.17 Å². The van der Waals surface area contributed by atoms with E-state index in [-0.39, 0.29) is 17.6 Å². The van der Waals surface area contributed by atoms with Gasteiger partial charge in [0.25, 0.3) is 0 Å². The van der Waals surface area contributed by atoms with Gasteiger partial charge in [-0.25, -0.2) is 4.79 Å². The Morgan fingerprint density at radius 3 is 2.64 bits per heavy atom. The average molecular weight is 460 g/mol. The third-order valence-electron chi connectivity index (χ3n) is 6.16. The first-order chi connectivity index (χ1) is 16.2. The number of aliphatic imine (C=N–C) groups is 1. The summed E-state index contributed by atoms with van der Waals surface area (Å²) in [6, 6.07) is 21.3. The zero-order valence-electron chi connectivity index (χ0n) is 18.3. The van der Waals surface area contributed by atoms with Crippen LogP contribution in [-0.4, -0.2) is 37.9 Å². The van der Waals surface area contributed by atoms with Crippen molar-refractivity contribution in [1.82, 2.24) is 9.88 Å². The van der Waals surface area contributed by atoms with Crippen molar-refractivity contribution < 1.29 is 14.6 Å². The minimum Gasteiger partial charge on any atom is -0.489 e. The molecule has 0 unspecified atom stereocenters. The molecule has 2 aromatic carbocycles. The summed E-state index contributed by atoms with van der Waals surface area (Å²) in [5, 5.41) is 10.2. The molecule has 5 rings (SSSR count). The molecule has 2 aliphatic heterocycles. The lowest BCUT2D eigenvalue weighted by Crippen LogP contribution is -2.35. The standard InChI is InChI=1S/C26H25N3O3S/c1-2-19-16-33-26-28-23(21-8-5-6-14-27-21)24(29(19)26)20-7-3-4-9-22(20)32-15-17-10-12-18(13-11-17)25(30)31/h3-14,19,23-24H,2,15-16H2,1H3,(H,30,31)/t19-,23+,24-/m1/s1. The number of rotatable bonds is 7. The smallest absolute Gasteiger partial charge is 0.335 e. The lowest BCUT2D eigenvalue weighted by molar-refractivity contribution is 0.0697. The number of para-hydroxylation sites is 1. The fraction of sp³-hybridized carbons (Fsp3) is 0.269. The molecule has 0 bridgehead atoms. The number of carbonyl (C=O) groups is 1. The SMILES string of the molecule is CC[C@@H]1CSC2=N[C@@H](c3ccccn3)[C@@H](c3ccccc3OCc3ccc(C(=O)O)cc3)N21. The van der Waals surface area contributed by atoms with E-state index in [9.17, 15) is 4.79 Å². The molecular weight excluding hydrogens is 434 g/mol. The predicted octanol–water partition coefficient (Wildman–Crippen LogP) is 5.34. The van der Waals surface area contributed by atoms with Crippen LogP contribution in [0.25, 0.3) is 0 Å². The molecule has 0 saturated carbocycles. The van der Waals surface area contributed by atoms with E-state index < -0.39 is 5.97 Å². The molecule has 0 radical (unpaired) electrons. The minimum atomic E-state index is -0.931. The summed E-state index contributed by atoms with van der Waals surface area (Å²) in [7, 11) is 0. The number of amidine groups is 1. The molecule has 0 spiro atoms. The van der Waals surface area contributed by atoms with E-state index in [0.717, 1.165) is 39.9 Å². The number of thioether (sulfide) groups is 1. The molecule has 0 amide bonds. The van der Waals surface area contributed by atoms with E-state index in [4.69, 9.17) is 14.8 Å². The molecule has 7 heteroatoms. The molecule has 33 heavy (non-hydrogen) atoms. The summed E-state index contributed by atoms with van der Waals surface area (Å²) in [6.07, 6.45) is 2.88. The number of nitrogens with zero attached hydrogens (tertiary/aromatic N) is 3. The number of hydrogen-bond acceptors (Lipinski definition) is 6. The largest absolute Gasteiger partial charge is 0.489 e. The first-order valence-electron chi connectivity index (χ1n) is 11.1. The van der Waals surface area contributed by atoms with Gasteiger partial charge in [0.05, 0.1) is 17.3 Å². The van der Waals surface area contributed by atoms with Gasteiger partial charge in [0.1, 0.15) is 18.4 Å². The van der Waals surface area contributed by atoms with E-state index in [1.54, 1.807) is 24.3 Å². The second-order valence-electron chi connectivity index (χ2n) is 8.16. The summed E-state index contributed by atoms with van der Waals surface area (Å²) in [6.45, 7) is 2.58. The van der Waals surface area contributed by atoms with Crippen molar-refractivity contribution in [3.63, 3.8) is 0 Å². The number of carboxylic acid groups (broad SMARTS) is 1. The normalized spacial score (nSPS) is 21.5. The summed E-state index contributed by atoms with van der Waals surface area (Å²) >= 11 is 1.82. The molecule has 1 fully saturated rings. The quantitative estimate of drug-likeness (QED) is 0.514. The number of carboxylic acids is 1. The van der Waals surface area contributed by atoms with Crippen molar-refractivity contribution >= 4 is 22.9 Å². The minimum absolute atomic E-state index is 0.0143. The fourth-order valence-electron chi connectivity index (χ4n) is 4.45. The van der Waals surface area contributed by atoms with Crippen LogP contribution in [0.3, 0.4) is 0 Å². The number of ether oxygens (including phenoxy) is 1. The maximum Gasteiger partial charge on any atom is 0.335 e.